The quantitative estimate of drug-likeness (QED) is 0.851. The standard InChI is InChI=1S/C21H26N2O4S/c1-14-6-5-7-20(17(14)4)22-21(24)18-8-10-19(11-9-18)28(25,26)23-12-15(2)27-16(3)13-23/h5-11,15-16H,12-13H2,1-4H3,(H,22,24)/t15-,16-/m1/s1. The minimum atomic E-state index is -3.62. The van der Waals surface area contributed by atoms with Gasteiger partial charge >= 0.3 is 0 Å². The number of benzene rings is 2. The fourth-order valence-corrected chi connectivity index (χ4v) is 4.93. The average molecular weight is 403 g/mol. The summed E-state index contributed by atoms with van der Waals surface area (Å²) in [5.74, 6) is -0.272. The van der Waals surface area contributed by atoms with E-state index in [2.05, 4.69) is 5.32 Å². The van der Waals surface area contributed by atoms with Crippen LogP contribution in [0.3, 0.4) is 0 Å². The number of hydrogen-bond donors (Lipinski definition) is 1. The summed E-state index contributed by atoms with van der Waals surface area (Å²) in [5, 5.41) is 2.89. The van der Waals surface area contributed by atoms with Crippen LogP contribution in [0.4, 0.5) is 5.69 Å². The lowest BCUT2D eigenvalue weighted by atomic mass is 10.1. The molecule has 150 valence electrons. The van der Waals surface area contributed by atoms with Gasteiger partial charge in [0.25, 0.3) is 5.91 Å². The van der Waals surface area contributed by atoms with Crippen LogP contribution in [0.25, 0.3) is 0 Å². The molecule has 3 rings (SSSR count). The van der Waals surface area contributed by atoms with E-state index in [9.17, 15) is 13.2 Å². The van der Waals surface area contributed by atoms with Crippen LogP contribution in [0.2, 0.25) is 0 Å². The Bertz CT molecular complexity index is 960. The highest BCUT2D eigenvalue weighted by Gasteiger charge is 2.32. The van der Waals surface area contributed by atoms with Gasteiger partial charge in [0.15, 0.2) is 0 Å². The number of morpholine rings is 1. The van der Waals surface area contributed by atoms with Gasteiger partial charge in [-0.2, -0.15) is 4.31 Å². The van der Waals surface area contributed by atoms with Crippen LogP contribution in [0, 0.1) is 13.8 Å². The third-order valence-corrected chi connectivity index (χ3v) is 6.84. The Morgan fingerprint density at radius 1 is 1.04 bits per heavy atom. The molecule has 2 aromatic rings. The summed E-state index contributed by atoms with van der Waals surface area (Å²) in [5.41, 5.74) is 3.25. The number of amides is 1. The molecule has 1 N–H and O–H groups in total. The highest BCUT2D eigenvalue weighted by molar-refractivity contribution is 7.89. The van der Waals surface area contributed by atoms with Crippen molar-refractivity contribution in [2.24, 2.45) is 0 Å². The molecule has 6 nitrogen and oxygen atoms in total. The van der Waals surface area contributed by atoms with Crippen molar-refractivity contribution in [1.29, 1.82) is 0 Å². The van der Waals surface area contributed by atoms with Crippen LogP contribution < -0.4 is 5.32 Å². The number of hydrogen-bond acceptors (Lipinski definition) is 4. The first-order chi connectivity index (χ1) is 13.2. The lowest BCUT2D eigenvalue weighted by Gasteiger charge is -2.34. The van der Waals surface area contributed by atoms with Gasteiger partial charge in [0, 0.05) is 24.3 Å². The number of nitrogens with zero attached hydrogens (tertiary/aromatic N) is 1. The molecule has 28 heavy (non-hydrogen) atoms. The second-order valence-corrected chi connectivity index (χ2v) is 9.24. The second kappa shape index (κ2) is 8.03. The lowest BCUT2D eigenvalue weighted by molar-refractivity contribution is -0.0440. The summed E-state index contributed by atoms with van der Waals surface area (Å²) in [4.78, 5) is 12.7. The molecule has 2 atom stereocenters. The Morgan fingerprint density at radius 2 is 1.64 bits per heavy atom. The molecule has 0 saturated carbocycles. The van der Waals surface area contributed by atoms with E-state index in [1.54, 1.807) is 12.1 Å². The summed E-state index contributed by atoms with van der Waals surface area (Å²) in [7, 11) is -3.62. The smallest absolute Gasteiger partial charge is 0.255 e. The van der Waals surface area contributed by atoms with Crippen molar-refractivity contribution in [2.75, 3.05) is 18.4 Å². The van der Waals surface area contributed by atoms with Crippen LogP contribution in [-0.2, 0) is 14.8 Å². The van der Waals surface area contributed by atoms with Crippen molar-refractivity contribution in [2.45, 2.75) is 44.8 Å². The van der Waals surface area contributed by atoms with Gasteiger partial charge < -0.3 is 10.1 Å². The van der Waals surface area contributed by atoms with Crippen LogP contribution >= 0.6 is 0 Å². The van der Waals surface area contributed by atoms with Crippen molar-refractivity contribution < 1.29 is 17.9 Å². The van der Waals surface area contributed by atoms with Crippen LogP contribution in [-0.4, -0.2) is 43.9 Å². The molecule has 0 aromatic heterocycles. The third-order valence-electron chi connectivity index (χ3n) is 4.99. The summed E-state index contributed by atoms with van der Waals surface area (Å²) >= 11 is 0. The van der Waals surface area contributed by atoms with Gasteiger partial charge in [-0.15, -0.1) is 0 Å². The molecular weight excluding hydrogens is 376 g/mol. The molecule has 0 radical (unpaired) electrons. The Hall–Kier alpha value is -2.22. The minimum Gasteiger partial charge on any atom is -0.373 e. The molecule has 1 saturated heterocycles. The van der Waals surface area contributed by atoms with Gasteiger partial charge in [-0.1, -0.05) is 12.1 Å². The van der Waals surface area contributed by atoms with Gasteiger partial charge in [0.2, 0.25) is 10.0 Å². The van der Waals surface area contributed by atoms with Crippen LogP contribution in [0.1, 0.15) is 35.3 Å². The molecule has 0 unspecified atom stereocenters. The van der Waals surface area contributed by atoms with Gasteiger partial charge in [-0.05, 0) is 69.2 Å². The molecule has 1 fully saturated rings. The monoisotopic (exact) mass is 402 g/mol. The van der Waals surface area contributed by atoms with Crippen LogP contribution in [0.5, 0.6) is 0 Å². The molecule has 7 heteroatoms. The summed E-state index contributed by atoms with van der Waals surface area (Å²) in [6.45, 7) is 8.30. The predicted octanol–water partition coefficient (Wildman–Crippen LogP) is 3.35. The summed E-state index contributed by atoms with van der Waals surface area (Å²) < 4.78 is 32.9. The topological polar surface area (TPSA) is 75.7 Å². The molecule has 2 aromatic carbocycles. The molecular formula is C21H26N2O4S. The highest BCUT2D eigenvalue weighted by Crippen LogP contribution is 2.22. The number of aryl methyl sites for hydroxylation is 1. The number of anilines is 1. The SMILES string of the molecule is Cc1cccc(NC(=O)c2ccc(S(=O)(=O)N3C[C@@H](C)O[C@H](C)C3)cc2)c1C. The maximum Gasteiger partial charge on any atom is 0.255 e. The van der Waals surface area contributed by atoms with E-state index >= 15 is 0 Å². The number of ether oxygens (including phenoxy) is 1. The summed E-state index contributed by atoms with van der Waals surface area (Å²) in [6.07, 6.45) is -0.303. The first kappa shape index (κ1) is 20.5. The Labute approximate surface area is 166 Å². The highest BCUT2D eigenvalue weighted by atomic mass is 32.2. The molecule has 1 amide bonds. The predicted molar refractivity (Wildman–Crippen MR) is 109 cm³/mol. The lowest BCUT2D eigenvalue weighted by Crippen LogP contribution is -2.48. The van der Waals surface area contributed by atoms with E-state index in [0.29, 0.717) is 18.7 Å². The normalized spacial score (nSPS) is 20.7. The van der Waals surface area contributed by atoms with Gasteiger partial charge in [0.1, 0.15) is 0 Å². The number of sulfonamides is 1. The molecule has 1 aliphatic rings. The van der Waals surface area contributed by atoms with E-state index in [4.69, 9.17) is 4.74 Å². The second-order valence-electron chi connectivity index (χ2n) is 7.31. The molecule has 0 bridgehead atoms. The zero-order valence-corrected chi connectivity index (χ0v) is 17.4. The van der Waals surface area contributed by atoms with Crippen molar-refractivity contribution >= 4 is 21.6 Å². The zero-order valence-electron chi connectivity index (χ0n) is 16.6. The zero-order chi connectivity index (χ0) is 20.5. The fourth-order valence-electron chi connectivity index (χ4n) is 3.34. The number of carbonyl (C=O) groups excluding carboxylic acids is 1. The Kier molecular flexibility index (Phi) is 5.88. The number of rotatable bonds is 4. The van der Waals surface area contributed by atoms with Gasteiger partial charge in [-0.3, -0.25) is 4.79 Å². The fraction of sp³-hybridized carbons (Fsp3) is 0.381. The first-order valence-corrected chi connectivity index (χ1v) is 10.8. The number of carbonyl (C=O) groups is 1. The van der Waals surface area contributed by atoms with Gasteiger partial charge in [-0.25, -0.2) is 8.42 Å². The van der Waals surface area contributed by atoms with E-state index < -0.39 is 10.0 Å². The molecule has 1 heterocycles. The molecule has 1 aliphatic heterocycles. The van der Waals surface area contributed by atoms with E-state index in [1.165, 1.54) is 16.4 Å². The van der Waals surface area contributed by atoms with Crippen molar-refractivity contribution in [3.63, 3.8) is 0 Å². The van der Waals surface area contributed by atoms with Gasteiger partial charge in [0.05, 0.1) is 17.1 Å². The third kappa shape index (κ3) is 4.27. The Balaban J connectivity index is 1.77. The van der Waals surface area contributed by atoms with Crippen molar-refractivity contribution in [3.8, 4) is 0 Å². The number of nitrogens with one attached hydrogen (secondary N) is 1. The van der Waals surface area contributed by atoms with Crippen molar-refractivity contribution in [3.05, 3.63) is 59.2 Å². The Morgan fingerprint density at radius 3 is 2.25 bits per heavy atom. The molecule has 0 aliphatic carbocycles. The summed E-state index contributed by atoms with van der Waals surface area (Å²) in [6, 6.07) is 11.8. The van der Waals surface area contributed by atoms with E-state index in [0.717, 1.165) is 16.8 Å². The first-order valence-electron chi connectivity index (χ1n) is 9.31. The maximum atomic E-state index is 12.9. The van der Waals surface area contributed by atoms with E-state index in [1.807, 2.05) is 45.9 Å². The van der Waals surface area contributed by atoms with Crippen molar-refractivity contribution in [1.82, 2.24) is 4.31 Å². The van der Waals surface area contributed by atoms with Crippen LogP contribution in [0.15, 0.2) is 47.4 Å². The molecule has 0 spiro atoms. The minimum absolute atomic E-state index is 0.152. The van der Waals surface area contributed by atoms with E-state index in [-0.39, 0.29) is 23.0 Å². The average Bonchev–Trinajstić information content (AvgIpc) is 2.64. The maximum absolute atomic E-state index is 12.9. The largest absolute Gasteiger partial charge is 0.373 e.